The molecule has 2 fully saturated rings. The second kappa shape index (κ2) is 6.88. The summed E-state index contributed by atoms with van der Waals surface area (Å²) in [5.41, 5.74) is 0.946. The van der Waals surface area contributed by atoms with Gasteiger partial charge in [0, 0.05) is 18.8 Å². The second-order valence-corrected chi connectivity index (χ2v) is 7.84. The van der Waals surface area contributed by atoms with Crippen molar-refractivity contribution in [2.45, 2.75) is 37.8 Å². The highest BCUT2D eigenvalue weighted by Crippen LogP contribution is 2.25. The number of benzene rings is 1. The molecule has 2 heterocycles. The highest BCUT2D eigenvalue weighted by atomic mass is 32.2. The van der Waals surface area contributed by atoms with Crippen LogP contribution < -0.4 is 9.62 Å². The van der Waals surface area contributed by atoms with Crippen molar-refractivity contribution in [3.05, 3.63) is 30.3 Å². The monoisotopic (exact) mass is 338 g/mol. The fourth-order valence-electron chi connectivity index (χ4n) is 3.25. The number of nitrogens with one attached hydrogen (secondary N) is 1. The second-order valence-electron chi connectivity index (χ2n) is 6.07. The molecule has 0 radical (unpaired) electrons. The summed E-state index contributed by atoms with van der Waals surface area (Å²) in [7, 11) is -3.66. The molecule has 6 nitrogen and oxygen atoms in total. The molecule has 0 bridgehead atoms. The lowest BCUT2D eigenvalue weighted by Gasteiger charge is -2.26. The number of carbonyl (C=O) groups excluding carboxylic acids is 1. The normalized spacial score (nSPS) is 24.8. The fraction of sp³-hybridized carbons (Fsp3) is 0.562. The molecule has 2 saturated heterocycles. The summed E-state index contributed by atoms with van der Waals surface area (Å²) in [6.45, 7) is 1.35. The molecule has 0 aromatic heterocycles. The van der Waals surface area contributed by atoms with Gasteiger partial charge >= 0.3 is 0 Å². The number of ether oxygens (including phenoxy) is 1. The highest BCUT2D eigenvalue weighted by molar-refractivity contribution is 7.90. The maximum Gasteiger partial charge on any atom is 0.256 e. The van der Waals surface area contributed by atoms with Gasteiger partial charge in [-0.25, -0.2) is 8.42 Å². The number of sulfonamides is 1. The molecule has 0 saturated carbocycles. The van der Waals surface area contributed by atoms with Crippen molar-refractivity contribution in [2.24, 2.45) is 0 Å². The van der Waals surface area contributed by atoms with Gasteiger partial charge < -0.3 is 9.64 Å². The zero-order chi connectivity index (χ0) is 16.3. The number of carbonyl (C=O) groups is 1. The topological polar surface area (TPSA) is 75.7 Å². The van der Waals surface area contributed by atoms with Crippen LogP contribution in [0.2, 0.25) is 0 Å². The molecular weight excluding hydrogens is 316 g/mol. The van der Waals surface area contributed by atoms with E-state index in [9.17, 15) is 13.2 Å². The lowest BCUT2D eigenvalue weighted by atomic mass is 10.2. The van der Waals surface area contributed by atoms with Crippen LogP contribution in [0.3, 0.4) is 0 Å². The zero-order valence-electron chi connectivity index (χ0n) is 13.0. The predicted molar refractivity (Wildman–Crippen MR) is 87.7 cm³/mol. The Balaban J connectivity index is 1.64. The van der Waals surface area contributed by atoms with Crippen molar-refractivity contribution < 1.29 is 17.9 Å². The number of amides is 1. The van der Waals surface area contributed by atoms with Gasteiger partial charge in [-0.3, -0.25) is 9.52 Å². The quantitative estimate of drug-likeness (QED) is 0.875. The minimum atomic E-state index is -3.66. The van der Waals surface area contributed by atoms with Gasteiger partial charge in [0.15, 0.2) is 0 Å². The van der Waals surface area contributed by atoms with Gasteiger partial charge in [0.05, 0.1) is 11.9 Å². The maximum absolute atomic E-state index is 12.4. The molecule has 0 aliphatic carbocycles. The predicted octanol–water partition coefficient (Wildman–Crippen LogP) is 1.28. The van der Waals surface area contributed by atoms with Gasteiger partial charge in [0.1, 0.15) is 6.04 Å². The summed E-state index contributed by atoms with van der Waals surface area (Å²) in [5.74, 6) is -0.582. The molecule has 1 aromatic rings. The van der Waals surface area contributed by atoms with Crippen molar-refractivity contribution in [1.29, 1.82) is 0 Å². The molecule has 1 amide bonds. The summed E-state index contributed by atoms with van der Waals surface area (Å²) in [6, 6.07) is 9.18. The number of hydrogen-bond acceptors (Lipinski definition) is 5. The number of anilines is 1. The Labute approximate surface area is 136 Å². The summed E-state index contributed by atoms with van der Waals surface area (Å²) in [6.07, 6.45) is 2.84. The van der Waals surface area contributed by atoms with Gasteiger partial charge in [-0.05, 0) is 37.8 Å². The van der Waals surface area contributed by atoms with E-state index in [0.717, 1.165) is 31.5 Å². The molecule has 3 rings (SSSR count). The van der Waals surface area contributed by atoms with Crippen LogP contribution in [0.1, 0.15) is 25.7 Å². The molecule has 1 N–H and O–H groups in total. The lowest BCUT2D eigenvalue weighted by Crippen LogP contribution is -2.47. The van der Waals surface area contributed by atoms with Gasteiger partial charge in [0.2, 0.25) is 10.0 Å². The van der Waals surface area contributed by atoms with E-state index in [0.29, 0.717) is 13.0 Å². The number of rotatable bonds is 5. The average Bonchev–Trinajstić information content (AvgIpc) is 3.18. The van der Waals surface area contributed by atoms with E-state index in [2.05, 4.69) is 4.72 Å². The van der Waals surface area contributed by atoms with Crippen molar-refractivity contribution in [3.63, 3.8) is 0 Å². The van der Waals surface area contributed by atoms with Crippen molar-refractivity contribution >= 4 is 21.6 Å². The van der Waals surface area contributed by atoms with E-state index in [1.54, 1.807) is 0 Å². The van der Waals surface area contributed by atoms with E-state index in [1.165, 1.54) is 0 Å². The Hall–Kier alpha value is -1.60. The minimum absolute atomic E-state index is 0.142. The standard InChI is InChI=1S/C16H22N2O4S/c19-16(17-23(20,21)12-14-8-5-11-22-14)15-9-4-10-18(15)13-6-2-1-3-7-13/h1-3,6-7,14-15H,4-5,8-12H2,(H,17,19)/t14-,15-/m0/s1. The highest BCUT2D eigenvalue weighted by Gasteiger charge is 2.34. The molecule has 1 aromatic carbocycles. The smallest absolute Gasteiger partial charge is 0.256 e. The fourth-order valence-corrected chi connectivity index (χ4v) is 4.53. The van der Waals surface area contributed by atoms with E-state index in [4.69, 9.17) is 4.74 Å². The molecular formula is C16H22N2O4S. The SMILES string of the molecule is O=C(NS(=O)(=O)C[C@@H]1CCCO1)[C@@H]1CCCN1c1ccccc1. The third-order valence-electron chi connectivity index (χ3n) is 4.33. The lowest BCUT2D eigenvalue weighted by molar-refractivity contribution is -0.120. The summed E-state index contributed by atoms with van der Waals surface area (Å²) >= 11 is 0. The molecule has 126 valence electrons. The molecule has 23 heavy (non-hydrogen) atoms. The van der Waals surface area contributed by atoms with Crippen LogP contribution in [0, 0.1) is 0 Å². The van der Waals surface area contributed by atoms with Crippen LogP contribution in [0.25, 0.3) is 0 Å². The van der Waals surface area contributed by atoms with Crippen LogP contribution in [0.4, 0.5) is 5.69 Å². The van der Waals surface area contributed by atoms with E-state index < -0.39 is 22.0 Å². The first-order chi connectivity index (χ1) is 11.1. The molecule has 2 aliphatic heterocycles. The Bertz CT molecular complexity index is 641. The van der Waals surface area contributed by atoms with Crippen molar-refractivity contribution in [1.82, 2.24) is 4.72 Å². The number of nitrogens with zero attached hydrogens (tertiary/aromatic N) is 1. The average molecular weight is 338 g/mol. The molecule has 0 spiro atoms. The maximum atomic E-state index is 12.4. The summed E-state index contributed by atoms with van der Waals surface area (Å²) in [5, 5.41) is 0. The van der Waals surface area contributed by atoms with Gasteiger partial charge in [-0.15, -0.1) is 0 Å². The van der Waals surface area contributed by atoms with Crippen molar-refractivity contribution in [2.75, 3.05) is 23.8 Å². The van der Waals surface area contributed by atoms with Gasteiger partial charge in [0.25, 0.3) is 5.91 Å². The molecule has 2 atom stereocenters. The van der Waals surface area contributed by atoms with Crippen LogP contribution in [-0.2, 0) is 19.6 Å². The van der Waals surface area contributed by atoms with Crippen LogP contribution in [0.15, 0.2) is 30.3 Å². The number of hydrogen-bond donors (Lipinski definition) is 1. The first-order valence-electron chi connectivity index (χ1n) is 8.03. The van der Waals surface area contributed by atoms with E-state index in [1.807, 2.05) is 35.2 Å². The Morgan fingerprint density at radius 2 is 2.00 bits per heavy atom. The van der Waals surface area contributed by atoms with Crippen LogP contribution in [0.5, 0.6) is 0 Å². The third-order valence-corrected chi connectivity index (χ3v) is 5.65. The first-order valence-corrected chi connectivity index (χ1v) is 9.68. The molecule has 2 aliphatic rings. The van der Waals surface area contributed by atoms with Gasteiger partial charge in [-0.1, -0.05) is 18.2 Å². The van der Waals surface area contributed by atoms with Crippen molar-refractivity contribution in [3.8, 4) is 0 Å². The zero-order valence-corrected chi connectivity index (χ0v) is 13.8. The van der Waals surface area contributed by atoms with E-state index in [-0.39, 0.29) is 11.9 Å². The van der Waals surface area contributed by atoms with Crippen LogP contribution >= 0.6 is 0 Å². The summed E-state index contributed by atoms with van der Waals surface area (Å²) < 4.78 is 31.9. The molecule has 0 unspecified atom stereocenters. The Morgan fingerprint density at radius 1 is 1.22 bits per heavy atom. The number of para-hydroxylation sites is 1. The Kier molecular flexibility index (Phi) is 4.87. The third kappa shape index (κ3) is 4.03. The minimum Gasteiger partial charge on any atom is -0.377 e. The van der Waals surface area contributed by atoms with E-state index >= 15 is 0 Å². The Morgan fingerprint density at radius 3 is 2.70 bits per heavy atom. The summed E-state index contributed by atoms with van der Waals surface area (Å²) in [4.78, 5) is 14.4. The van der Waals surface area contributed by atoms with Crippen LogP contribution in [-0.4, -0.2) is 45.4 Å². The molecule has 7 heteroatoms. The largest absolute Gasteiger partial charge is 0.377 e. The van der Waals surface area contributed by atoms with Gasteiger partial charge in [-0.2, -0.15) is 0 Å². The first kappa shape index (κ1) is 16.3.